The minimum absolute atomic E-state index is 0.152. The summed E-state index contributed by atoms with van der Waals surface area (Å²) in [6, 6.07) is 8.43. The molecule has 1 aromatic carbocycles. The van der Waals surface area contributed by atoms with Crippen LogP contribution in [0.4, 0.5) is 0 Å². The second kappa shape index (κ2) is 44.2. The Kier molecular flexibility index (Phi) is 41.1. The summed E-state index contributed by atoms with van der Waals surface area (Å²) >= 11 is 0. The van der Waals surface area contributed by atoms with Crippen molar-refractivity contribution in [3.8, 4) is 5.75 Å². The maximum atomic E-state index is 11.6. The lowest BCUT2D eigenvalue weighted by Crippen LogP contribution is -2.15. The summed E-state index contributed by atoms with van der Waals surface area (Å²) in [5, 5.41) is 0. The molecule has 328 valence electrons. The van der Waals surface area contributed by atoms with Gasteiger partial charge in [0.2, 0.25) is 0 Å². The number of esters is 1. The largest absolute Gasteiger partial charge is 0.491 e. The molecular weight excluding hydrogens is 724 g/mol. The number of unbranched alkanes of at least 4 members (excludes halogenated alkanes) is 8. The zero-order valence-corrected chi connectivity index (χ0v) is 35.2. The van der Waals surface area contributed by atoms with E-state index in [1.807, 2.05) is 12.1 Å². The molecule has 0 radical (unpaired) electrons. The van der Waals surface area contributed by atoms with Crippen molar-refractivity contribution in [2.75, 3.05) is 145 Å². The molecule has 0 aromatic heterocycles. The van der Waals surface area contributed by atoms with E-state index in [4.69, 9.17) is 56.8 Å². The van der Waals surface area contributed by atoms with Crippen LogP contribution in [-0.2, 0) is 63.3 Å². The Hall–Kier alpha value is -1.91. The molecule has 0 aliphatic carbocycles. The van der Waals surface area contributed by atoms with Gasteiger partial charge in [0.25, 0.3) is 0 Å². The second-order valence-electron chi connectivity index (χ2n) is 13.2. The van der Waals surface area contributed by atoms with Crippen LogP contribution in [-0.4, -0.2) is 151 Å². The van der Waals surface area contributed by atoms with Gasteiger partial charge in [0.15, 0.2) is 0 Å². The predicted octanol–water partition coefficient (Wildman–Crippen LogP) is 6.65. The van der Waals surface area contributed by atoms with Crippen LogP contribution in [0, 0.1) is 0 Å². The van der Waals surface area contributed by atoms with E-state index >= 15 is 0 Å². The number of aryl methyl sites for hydroxylation is 1. The SMILES string of the molecule is CCCCCCCCc1ccc(OCCOCCOCCOCCOCCOCCOCCOCCOCCOCCOCCOC(=O)CCCCCC)cc1. The molecule has 0 fully saturated rings. The summed E-state index contributed by atoms with van der Waals surface area (Å²) in [6.07, 6.45) is 13.8. The molecule has 0 aliphatic rings. The Morgan fingerprint density at radius 2 is 0.696 bits per heavy atom. The average Bonchev–Trinajstić information content (AvgIpc) is 3.21. The van der Waals surface area contributed by atoms with E-state index in [0.29, 0.717) is 145 Å². The number of hydrogen-bond donors (Lipinski definition) is 0. The van der Waals surface area contributed by atoms with Crippen molar-refractivity contribution >= 4 is 5.97 Å². The minimum Gasteiger partial charge on any atom is -0.491 e. The minimum atomic E-state index is -0.152. The Labute approximate surface area is 338 Å². The third-order valence-electron chi connectivity index (χ3n) is 8.31. The summed E-state index contributed by atoms with van der Waals surface area (Å²) in [4.78, 5) is 11.6. The summed E-state index contributed by atoms with van der Waals surface area (Å²) in [5.74, 6) is 0.731. The van der Waals surface area contributed by atoms with Gasteiger partial charge in [-0.2, -0.15) is 0 Å². The summed E-state index contributed by atoms with van der Waals surface area (Å²) in [6.45, 7) is 15.1. The molecule has 0 saturated carbocycles. The number of benzene rings is 1. The van der Waals surface area contributed by atoms with E-state index in [1.54, 1.807) is 0 Å². The lowest BCUT2D eigenvalue weighted by molar-refractivity contribution is -0.145. The van der Waals surface area contributed by atoms with Gasteiger partial charge in [-0.1, -0.05) is 77.3 Å². The van der Waals surface area contributed by atoms with Gasteiger partial charge in [0.05, 0.1) is 132 Å². The van der Waals surface area contributed by atoms with Crippen molar-refractivity contribution in [3.05, 3.63) is 29.8 Å². The average molecular weight is 803 g/mol. The fourth-order valence-corrected chi connectivity index (χ4v) is 5.14. The van der Waals surface area contributed by atoms with Crippen molar-refractivity contribution in [1.82, 2.24) is 0 Å². The summed E-state index contributed by atoms with van der Waals surface area (Å²) < 4.78 is 66.0. The standard InChI is InChI=1S/C43H78O13/c1-3-5-7-9-10-11-13-41-15-17-42(18-16-41)55-39-37-53-35-33-51-31-29-49-27-25-47-23-21-45-19-20-46-22-24-48-26-28-50-30-32-52-34-36-54-38-40-56-43(44)14-12-8-6-4-2/h15-18H,3-14,19-40H2,1-2H3. The highest BCUT2D eigenvalue weighted by molar-refractivity contribution is 5.69. The maximum absolute atomic E-state index is 11.6. The van der Waals surface area contributed by atoms with Gasteiger partial charge in [-0.25, -0.2) is 0 Å². The normalized spacial score (nSPS) is 11.4. The van der Waals surface area contributed by atoms with Gasteiger partial charge in [0, 0.05) is 6.42 Å². The van der Waals surface area contributed by atoms with Crippen LogP contribution >= 0.6 is 0 Å². The first-order valence-electron chi connectivity index (χ1n) is 21.4. The molecule has 13 nitrogen and oxygen atoms in total. The fourth-order valence-electron chi connectivity index (χ4n) is 5.14. The molecule has 0 amide bonds. The van der Waals surface area contributed by atoms with Crippen LogP contribution in [0.5, 0.6) is 5.75 Å². The smallest absolute Gasteiger partial charge is 0.305 e. The molecule has 0 saturated heterocycles. The lowest BCUT2D eigenvalue weighted by atomic mass is 10.0. The lowest BCUT2D eigenvalue weighted by Gasteiger charge is -2.09. The first kappa shape index (κ1) is 52.1. The van der Waals surface area contributed by atoms with Crippen molar-refractivity contribution in [2.24, 2.45) is 0 Å². The molecule has 0 atom stereocenters. The number of rotatable bonds is 46. The van der Waals surface area contributed by atoms with Crippen LogP contribution in [0.15, 0.2) is 24.3 Å². The predicted molar refractivity (Wildman–Crippen MR) is 217 cm³/mol. The molecular formula is C43H78O13. The van der Waals surface area contributed by atoms with Gasteiger partial charge in [-0.3, -0.25) is 4.79 Å². The number of hydrogen-bond acceptors (Lipinski definition) is 13. The maximum Gasteiger partial charge on any atom is 0.305 e. The molecule has 0 spiro atoms. The molecule has 13 heteroatoms. The molecule has 0 aliphatic heterocycles. The summed E-state index contributed by atoms with van der Waals surface area (Å²) in [7, 11) is 0. The second-order valence-corrected chi connectivity index (χ2v) is 13.2. The highest BCUT2D eigenvalue weighted by atomic mass is 16.6. The van der Waals surface area contributed by atoms with E-state index in [1.165, 1.54) is 44.1 Å². The Bertz CT molecular complexity index is 922. The highest BCUT2D eigenvalue weighted by Gasteiger charge is 2.03. The molecule has 0 unspecified atom stereocenters. The van der Waals surface area contributed by atoms with E-state index in [2.05, 4.69) is 26.0 Å². The van der Waals surface area contributed by atoms with Gasteiger partial charge in [-0.15, -0.1) is 0 Å². The Balaban J connectivity index is 1.67. The first-order chi connectivity index (χ1) is 27.8. The van der Waals surface area contributed by atoms with Gasteiger partial charge in [0.1, 0.15) is 19.0 Å². The number of carbonyl (C=O) groups excluding carboxylic acids is 1. The van der Waals surface area contributed by atoms with Gasteiger partial charge < -0.3 is 56.8 Å². The fraction of sp³-hybridized carbons (Fsp3) is 0.837. The molecule has 0 bridgehead atoms. The topological polar surface area (TPSA) is 128 Å². The van der Waals surface area contributed by atoms with E-state index in [-0.39, 0.29) is 12.6 Å². The molecule has 56 heavy (non-hydrogen) atoms. The van der Waals surface area contributed by atoms with Crippen LogP contribution < -0.4 is 4.74 Å². The van der Waals surface area contributed by atoms with Gasteiger partial charge >= 0.3 is 5.97 Å². The van der Waals surface area contributed by atoms with E-state index in [0.717, 1.165) is 37.9 Å². The van der Waals surface area contributed by atoms with E-state index in [9.17, 15) is 4.79 Å². The van der Waals surface area contributed by atoms with Crippen LogP contribution in [0.3, 0.4) is 0 Å². The first-order valence-corrected chi connectivity index (χ1v) is 21.4. The highest BCUT2D eigenvalue weighted by Crippen LogP contribution is 2.15. The molecule has 1 aromatic rings. The Morgan fingerprint density at radius 3 is 1.09 bits per heavy atom. The third kappa shape index (κ3) is 38.9. The van der Waals surface area contributed by atoms with Crippen LogP contribution in [0.25, 0.3) is 0 Å². The van der Waals surface area contributed by atoms with Crippen molar-refractivity contribution in [1.29, 1.82) is 0 Å². The monoisotopic (exact) mass is 803 g/mol. The zero-order valence-electron chi connectivity index (χ0n) is 35.2. The number of ether oxygens (including phenoxy) is 12. The molecule has 1 rings (SSSR count). The van der Waals surface area contributed by atoms with Crippen molar-refractivity contribution in [2.45, 2.75) is 90.9 Å². The molecule has 0 N–H and O–H groups in total. The van der Waals surface area contributed by atoms with Crippen LogP contribution in [0.2, 0.25) is 0 Å². The quantitative estimate of drug-likeness (QED) is 0.0516. The molecule has 0 heterocycles. The van der Waals surface area contributed by atoms with Crippen molar-refractivity contribution in [3.63, 3.8) is 0 Å². The van der Waals surface area contributed by atoms with E-state index < -0.39 is 0 Å². The number of carbonyl (C=O) groups is 1. The zero-order chi connectivity index (χ0) is 40.1. The van der Waals surface area contributed by atoms with Crippen LogP contribution in [0.1, 0.15) is 90.0 Å². The summed E-state index contributed by atoms with van der Waals surface area (Å²) in [5.41, 5.74) is 1.38. The Morgan fingerprint density at radius 1 is 0.375 bits per heavy atom. The van der Waals surface area contributed by atoms with Gasteiger partial charge in [-0.05, 0) is 37.0 Å². The third-order valence-corrected chi connectivity index (χ3v) is 8.31. The van der Waals surface area contributed by atoms with Crippen molar-refractivity contribution < 1.29 is 61.6 Å².